The van der Waals surface area contributed by atoms with Gasteiger partial charge in [0, 0.05) is 24.0 Å². The summed E-state index contributed by atoms with van der Waals surface area (Å²) in [7, 11) is 0. The molecule has 1 aliphatic carbocycles. The molecule has 0 aliphatic heterocycles. The number of hydrogen-bond acceptors (Lipinski definition) is 7. The lowest BCUT2D eigenvalue weighted by molar-refractivity contribution is -0.435. The molecule has 0 bridgehead atoms. The molecule has 31 heavy (non-hydrogen) atoms. The second kappa shape index (κ2) is 10.1. The first-order chi connectivity index (χ1) is 14.7. The topological polar surface area (TPSA) is 158 Å². The molecule has 4 atom stereocenters. The van der Waals surface area contributed by atoms with Crippen LogP contribution in [-0.4, -0.2) is 9.85 Å². The van der Waals surface area contributed by atoms with Crippen molar-refractivity contribution in [2.45, 2.75) is 33.1 Å². The molecule has 1 aromatic rings. The van der Waals surface area contributed by atoms with Crippen LogP contribution in [0.15, 0.2) is 36.0 Å². The first-order valence-electron chi connectivity index (χ1n) is 9.71. The van der Waals surface area contributed by atoms with Crippen molar-refractivity contribution in [2.75, 3.05) is 0 Å². The normalized spacial score (nSPS) is 18.2. The highest BCUT2D eigenvalue weighted by atomic mass is 16.6. The molecule has 1 aromatic carbocycles. The summed E-state index contributed by atoms with van der Waals surface area (Å²) >= 11 is 0. The summed E-state index contributed by atoms with van der Waals surface area (Å²) in [4.78, 5) is 22.0. The average molecular weight is 419 g/mol. The van der Waals surface area contributed by atoms with Crippen molar-refractivity contribution < 1.29 is 9.85 Å². The van der Waals surface area contributed by atoms with Crippen LogP contribution >= 0.6 is 0 Å². The van der Waals surface area contributed by atoms with Crippen molar-refractivity contribution >= 4 is 11.3 Å². The smallest absolute Gasteiger partial charge is 0.259 e. The van der Waals surface area contributed by atoms with E-state index in [0.29, 0.717) is 11.1 Å². The van der Waals surface area contributed by atoms with Crippen LogP contribution in [0.2, 0.25) is 0 Å². The van der Waals surface area contributed by atoms with Gasteiger partial charge in [0.1, 0.15) is 0 Å². The van der Waals surface area contributed by atoms with Gasteiger partial charge in [-0.3, -0.25) is 20.2 Å². The van der Waals surface area contributed by atoms with Gasteiger partial charge in [-0.15, -0.1) is 0 Å². The third-order valence-electron chi connectivity index (χ3n) is 5.41. The van der Waals surface area contributed by atoms with E-state index >= 15 is 0 Å². The molecule has 0 saturated heterocycles. The largest absolute Gasteiger partial charge is 0.276 e. The van der Waals surface area contributed by atoms with Crippen molar-refractivity contribution in [1.82, 2.24) is 0 Å². The number of hydrogen-bond donors (Lipinski definition) is 0. The summed E-state index contributed by atoms with van der Waals surface area (Å²) in [5, 5.41) is 51.3. The van der Waals surface area contributed by atoms with E-state index in [4.69, 9.17) is 5.26 Å². The van der Waals surface area contributed by atoms with Crippen LogP contribution in [0.25, 0.3) is 5.57 Å². The van der Waals surface area contributed by atoms with E-state index in [0.717, 1.165) is 5.56 Å². The third-order valence-corrected chi connectivity index (χ3v) is 5.41. The second-order valence-corrected chi connectivity index (χ2v) is 7.69. The Morgan fingerprint density at radius 2 is 1.77 bits per heavy atom. The summed E-state index contributed by atoms with van der Waals surface area (Å²) in [5.41, 5.74) is 1.43. The Hall–Kier alpha value is -4.03. The maximum atomic E-state index is 11.6. The predicted octanol–water partition coefficient (Wildman–Crippen LogP) is 4.69. The molecule has 1 aliphatic rings. The Morgan fingerprint density at radius 1 is 1.06 bits per heavy atom. The van der Waals surface area contributed by atoms with Crippen molar-refractivity contribution in [1.29, 1.82) is 15.8 Å². The van der Waals surface area contributed by atoms with Gasteiger partial charge in [-0.2, -0.15) is 15.8 Å². The summed E-state index contributed by atoms with van der Waals surface area (Å²) in [6.07, 6.45) is 3.20. The number of benzene rings is 1. The van der Waals surface area contributed by atoms with E-state index < -0.39 is 27.6 Å². The standard InChI is InChI=1S/C22H21N5O4/c1-14-3-5-21(26(28)29)19(8-14)17-4-6-22(27(30)31)20(10-17)18(13-25)9-16(12-24)7-15(2)11-23/h3-6,8,15-16,18,20H,7,9-10H2,1-2H3/t15?,16?,18?,20-/m0/s1. The summed E-state index contributed by atoms with van der Waals surface area (Å²) in [6, 6.07) is 10.9. The van der Waals surface area contributed by atoms with E-state index in [2.05, 4.69) is 18.2 Å². The quantitative estimate of drug-likeness (QED) is 0.436. The number of nitrogens with zero attached hydrogens (tertiary/aromatic N) is 5. The molecule has 0 spiro atoms. The average Bonchev–Trinajstić information content (AvgIpc) is 2.75. The first-order valence-corrected chi connectivity index (χ1v) is 9.71. The summed E-state index contributed by atoms with van der Waals surface area (Å²) in [6.45, 7) is 3.46. The van der Waals surface area contributed by atoms with Crippen molar-refractivity contribution in [3.8, 4) is 18.2 Å². The lowest BCUT2D eigenvalue weighted by Crippen LogP contribution is -2.25. The molecule has 158 valence electrons. The zero-order chi connectivity index (χ0) is 23.1. The Labute approximate surface area is 179 Å². The van der Waals surface area contributed by atoms with Gasteiger partial charge in [0.25, 0.3) is 11.4 Å². The van der Waals surface area contributed by atoms with Crippen LogP contribution in [0.1, 0.15) is 37.3 Å². The molecule has 2 rings (SSSR count). The predicted molar refractivity (Wildman–Crippen MR) is 111 cm³/mol. The van der Waals surface area contributed by atoms with Crippen LogP contribution in [0, 0.1) is 84.8 Å². The molecular weight excluding hydrogens is 398 g/mol. The van der Waals surface area contributed by atoms with Crippen molar-refractivity contribution in [2.24, 2.45) is 23.7 Å². The van der Waals surface area contributed by atoms with Crippen LogP contribution in [0.3, 0.4) is 0 Å². The lowest BCUT2D eigenvalue weighted by atomic mass is 9.75. The van der Waals surface area contributed by atoms with E-state index in [-0.39, 0.29) is 36.6 Å². The molecule has 0 aromatic heterocycles. The van der Waals surface area contributed by atoms with Gasteiger partial charge in [0.05, 0.1) is 45.5 Å². The number of nitro groups is 2. The Kier molecular flexibility index (Phi) is 7.60. The molecule has 3 unspecified atom stereocenters. The summed E-state index contributed by atoms with van der Waals surface area (Å²) in [5.74, 6) is -2.66. The fourth-order valence-corrected chi connectivity index (χ4v) is 3.82. The van der Waals surface area contributed by atoms with Gasteiger partial charge in [-0.1, -0.05) is 17.7 Å². The van der Waals surface area contributed by atoms with Gasteiger partial charge >= 0.3 is 0 Å². The highest BCUT2D eigenvalue weighted by Gasteiger charge is 2.38. The van der Waals surface area contributed by atoms with E-state index in [1.54, 1.807) is 26.0 Å². The lowest BCUT2D eigenvalue weighted by Gasteiger charge is -2.25. The minimum Gasteiger partial charge on any atom is -0.259 e. The van der Waals surface area contributed by atoms with Crippen LogP contribution < -0.4 is 0 Å². The summed E-state index contributed by atoms with van der Waals surface area (Å²) < 4.78 is 0. The Balaban J connectivity index is 2.43. The minimum atomic E-state index is -0.847. The van der Waals surface area contributed by atoms with Gasteiger partial charge in [-0.05, 0) is 44.7 Å². The fraction of sp³-hybridized carbons (Fsp3) is 0.409. The number of aryl methyl sites for hydroxylation is 1. The molecule has 9 heteroatoms. The zero-order valence-electron chi connectivity index (χ0n) is 17.2. The van der Waals surface area contributed by atoms with E-state index in [1.807, 2.05) is 0 Å². The minimum absolute atomic E-state index is 0.0707. The third kappa shape index (κ3) is 5.52. The van der Waals surface area contributed by atoms with Gasteiger partial charge < -0.3 is 0 Å². The van der Waals surface area contributed by atoms with Gasteiger partial charge in [0.2, 0.25) is 0 Å². The maximum Gasteiger partial charge on any atom is 0.276 e. The van der Waals surface area contributed by atoms with Gasteiger partial charge in [-0.25, -0.2) is 0 Å². The SMILES string of the molecule is Cc1ccc([N+](=O)[O-])c(C2=CC=C([N+](=O)[O-])[C@H](C(C#N)CC(C#N)CC(C)C#N)C2)c1. The molecule has 9 nitrogen and oxygen atoms in total. The number of rotatable bonds is 8. The zero-order valence-corrected chi connectivity index (χ0v) is 17.2. The molecular formula is C22H21N5O4. The van der Waals surface area contributed by atoms with Crippen LogP contribution in [0.5, 0.6) is 0 Å². The first kappa shape index (κ1) is 23.3. The van der Waals surface area contributed by atoms with Crippen molar-refractivity contribution in [3.63, 3.8) is 0 Å². The Morgan fingerprint density at radius 3 is 2.32 bits per heavy atom. The molecule has 0 radical (unpaired) electrons. The van der Waals surface area contributed by atoms with Crippen LogP contribution in [-0.2, 0) is 0 Å². The van der Waals surface area contributed by atoms with Crippen LogP contribution in [0.4, 0.5) is 5.69 Å². The monoisotopic (exact) mass is 419 g/mol. The van der Waals surface area contributed by atoms with E-state index in [9.17, 15) is 30.8 Å². The molecule has 0 heterocycles. The molecule has 0 fully saturated rings. The van der Waals surface area contributed by atoms with Gasteiger partial charge in [0.15, 0.2) is 0 Å². The second-order valence-electron chi connectivity index (χ2n) is 7.69. The maximum absolute atomic E-state index is 11.6. The highest BCUT2D eigenvalue weighted by Crippen LogP contribution is 2.41. The number of nitriles is 3. The highest BCUT2D eigenvalue weighted by molar-refractivity contribution is 5.75. The van der Waals surface area contributed by atoms with Crippen molar-refractivity contribution in [3.05, 3.63) is 67.4 Å². The Bertz CT molecular complexity index is 1070. The fourth-order valence-electron chi connectivity index (χ4n) is 3.82. The molecule has 0 saturated carbocycles. The number of nitro benzene ring substituents is 1. The molecule has 0 N–H and O–H groups in total. The number of allylic oxidation sites excluding steroid dienone is 4. The molecule has 0 amide bonds. The van der Waals surface area contributed by atoms with E-state index in [1.165, 1.54) is 18.2 Å².